The number of anilines is 1. The number of ether oxygens (including phenoxy) is 1. The first-order chi connectivity index (χ1) is 9.27. The van der Waals surface area contributed by atoms with E-state index in [1.807, 2.05) is 0 Å². The quantitative estimate of drug-likeness (QED) is 0.822. The molecule has 0 spiro atoms. The van der Waals surface area contributed by atoms with Crippen LogP contribution in [0.25, 0.3) is 0 Å². The Hall–Kier alpha value is -1.64. The smallest absolute Gasteiger partial charge is 0.241 e. The molecule has 20 heavy (non-hydrogen) atoms. The first-order valence-electron chi connectivity index (χ1n) is 5.32. The van der Waals surface area contributed by atoms with Gasteiger partial charge in [0.15, 0.2) is 0 Å². The van der Waals surface area contributed by atoms with Crippen molar-refractivity contribution in [3.8, 4) is 11.5 Å². The van der Waals surface area contributed by atoms with E-state index in [-0.39, 0.29) is 26.6 Å². The van der Waals surface area contributed by atoms with E-state index in [2.05, 4.69) is 15.9 Å². The molecule has 4 N–H and O–H groups in total. The van der Waals surface area contributed by atoms with Crippen LogP contribution >= 0.6 is 15.9 Å². The Morgan fingerprint density at radius 3 is 2.45 bits per heavy atom. The van der Waals surface area contributed by atoms with E-state index in [0.717, 1.165) is 0 Å². The molecule has 0 bridgehead atoms. The Bertz CT molecular complexity index is 765. The average Bonchev–Trinajstić information content (AvgIpc) is 2.35. The first-order valence-corrected chi connectivity index (χ1v) is 7.66. The number of hydrogen-bond donors (Lipinski definition) is 2. The van der Waals surface area contributed by atoms with Crippen molar-refractivity contribution in [2.45, 2.75) is 4.90 Å². The molecule has 0 radical (unpaired) electrons. The summed E-state index contributed by atoms with van der Waals surface area (Å²) in [6, 6.07) is 7.98. The van der Waals surface area contributed by atoms with Gasteiger partial charge >= 0.3 is 0 Å². The highest BCUT2D eigenvalue weighted by Gasteiger charge is 2.16. The number of sulfonamides is 1. The van der Waals surface area contributed by atoms with Crippen LogP contribution in [0.2, 0.25) is 0 Å². The van der Waals surface area contributed by atoms with E-state index in [1.54, 1.807) is 0 Å². The lowest BCUT2D eigenvalue weighted by Gasteiger charge is -2.11. The normalized spacial score (nSPS) is 11.3. The van der Waals surface area contributed by atoms with Gasteiger partial charge in [0.25, 0.3) is 0 Å². The van der Waals surface area contributed by atoms with E-state index in [1.165, 1.54) is 36.4 Å². The van der Waals surface area contributed by atoms with Crippen LogP contribution in [0.15, 0.2) is 45.8 Å². The second-order valence-corrected chi connectivity index (χ2v) is 6.31. The molecule has 8 heteroatoms. The molecule has 0 aliphatic carbocycles. The predicted molar refractivity (Wildman–Crippen MR) is 76.4 cm³/mol. The number of nitrogens with two attached hydrogens (primary N) is 2. The molecule has 0 aliphatic heterocycles. The molecule has 2 aromatic rings. The van der Waals surface area contributed by atoms with Gasteiger partial charge in [0.1, 0.15) is 22.2 Å². The van der Waals surface area contributed by atoms with Gasteiger partial charge in [-0.05, 0) is 52.3 Å². The highest BCUT2D eigenvalue weighted by Crippen LogP contribution is 2.31. The minimum absolute atomic E-state index is 0.0141. The Morgan fingerprint density at radius 2 is 1.85 bits per heavy atom. The van der Waals surface area contributed by atoms with Gasteiger partial charge < -0.3 is 10.5 Å². The van der Waals surface area contributed by atoms with Crippen LogP contribution < -0.4 is 15.6 Å². The predicted octanol–water partition coefficient (Wildman–Crippen LogP) is 2.61. The highest BCUT2D eigenvalue weighted by atomic mass is 79.9. The summed E-state index contributed by atoms with van der Waals surface area (Å²) >= 11 is 3.01. The van der Waals surface area contributed by atoms with Crippen molar-refractivity contribution in [1.82, 2.24) is 0 Å². The maximum absolute atomic E-state index is 13.1. The fourth-order valence-electron chi connectivity index (χ4n) is 1.50. The van der Waals surface area contributed by atoms with Gasteiger partial charge in [-0.1, -0.05) is 0 Å². The van der Waals surface area contributed by atoms with E-state index < -0.39 is 15.8 Å². The molecule has 2 rings (SSSR count). The number of nitrogen functional groups attached to an aromatic ring is 1. The summed E-state index contributed by atoms with van der Waals surface area (Å²) in [6.45, 7) is 0. The lowest BCUT2D eigenvalue weighted by atomic mass is 10.3. The van der Waals surface area contributed by atoms with Crippen LogP contribution in [0.3, 0.4) is 0 Å². The van der Waals surface area contributed by atoms with Crippen molar-refractivity contribution in [1.29, 1.82) is 0 Å². The van der Waals surface area contributed by atoms with Crippen molar-refractivity contribution in [3.63, 3.8) is 0 Å². The van der Waals surface area contributed by atoms with Crippen LogP contribution in [-0.2, 0) is 10.0 Å². The SMILES string of the molecule is Nc1ccc(Oc2ccc(F)c(Br)c2)c(S(N)(=O)=O)c1. The maximum Gasteiger partial charge on any atom is 0.241 e. The summed E-state index contributed by atoms with van der Waals surface area (Å²) in [6.07, 6.45) is 0. The fraction of sp³-hybridized carbons (Fsp3) is 0. The topological polar surface area (TPSA) is 95.4 Å². The molecule has 0 aromatic heterocycles. The monoisotopic (exact) mass is 360 g/mol. The third kappa shape index (κ3) is 3.27. The molecule has 5 nitrogen and oxygen atoms in total. The van der Waals surface area contributed by atoms with Gasteiger partial charge in [-0.3, -0.25) is 0 Å². The molecule has 0 atom stereocenters. The third-order valence-corrected chi connectivity index (χ3v) is 3.93. The number of benzene rings is 2. The maximum atomic E-state index is 13.1. The molecule has 0 saturated heterocycles. The Labute approximate surface area is 123 Å². The van der Waals surface area contributed by atoms with Gasteiger partial charge in [-0.2, -0.15) is 0 Å². The number of hydrogen-bond acceptors (Lipinski definition) is 4. The highest BCUT2D eigenvalue weighted by molar-refractivity contribution is 9.10. The number of rotatable bonds is 3. The molecule has 0 heterocycles. The van der Waals surface area contributed by atoms with Crippen molar-refractivity contribution in [2.75, 3.05) is 5.73 Å². The van der Waals surface area contributed by atoms with Crippen LogP contribution in [-0.4, -0.2) is 8.42 Å². The minimum Gasteiger partial charge on any atom is -0.456 e. The van der Waals surface area contributed by atoms with Crippen molar-refractivity contribution in [3.05, 3.63) is 46.7 Å². The van der Waals surface area contributed by atoms with Crippen LogP contribution in [0.1, 0.15) is 0 Å². The van der Waals surface area contributed by atoms with Crippen LogP contribution in [0.5, 0.6) is 11.5 Å². The van der Waals surface area contributed by atoms with Crippen molar-refractivity contribution < 1.29 is 17.5 Å². The molecule has 0 aliphatic rings. The molecule has 0 amide bonds. The van der Waals surface area contributed by atoms with Crippen molar-refractivity contribution >= 4 is 31.6 Å². The Kier molecular flexibility index (Phi) is 3.98. The lowest BCUT2D eigenvalue weighted by Crippen LogP contribution is -2.13. The van der Waals surface area contributed by atoms with Crippen LogP contribution in [0.4, 0.5) is 10.1 Å². The van der Waals surface area contributed by atoms with Gasteiger partial charge in [-0.15, -0.1) is 0 Å². The number of primary sulfonamides is 1. The Balaban J connectivity index is 2.46. The largest absolute Gasteiger partial charge is 0.456 e. The lowest BCUT2D eigenvalue weighted by molar-refractivity contribution is 0.465. The number of halogens is 2. The molecule has 2 aromatic carbocycles. The van der Waals surface area contributed by atoms with Gasteiger partial charge in [0, 0.05) is 5.69 Å². The standard InChI is InChI=1S/C12H10BrFN2O3S/c13-9-6-8(2-3-10(9)14)19-11-4-1-7(15)5-12(11)20(16,17)18/h1-6H,15H2,(H2,16,17,18). The van der Waals surface area contributed by atoms with E-state index in [9.17, 15) is 12.8 Å². The van der Waals surface area contributed by atoms with Crippen molar-refractivity contribution in [2.24, 2.45) is 5.14 Å². The van der Waals surface area contributed by atoms with Gasteiger partial charge in [0.2, 0.25) is 10.0 Å². The van der Waals surface area contributed by atoms with E-state index >= 15 is 0 Å². The molecule has 0 unspecified atom stereocenters. The van der Waals surface area contributed by atoms with E-state index in [4.69, 9.17) is 15.6 Å². The summed E-state index contributed by atoms with van der Waals surface area (Å²) in [5.74, 6) is -0.186. The molecular formula is C12H10BrFN2O3S. The fourth-order valence-corrected chi connectivity index (χ4v) is 2.55. The molecule has 0 fully saturated rings. The summed E-state index contributed by atoms with van der Waals surface area (Å²) in [7, 11) is -3.99. The first kappa shape index (κ1) is 14.8. The van der Waals surface area contributed by atoms with Crippen LogP contribution in [0, 0.1) is 5.82 Å². The third-order valence-electron chi connectivity index (χ3n) is 2.39. The average molecular weight is 361 g/mol. The second kappa shape index (κ2) is 5.39. The molecular weight excluding hydrogens is 351 g/mol. The zero-order valence-electron chi connectivity index (χ0n) is 10.0. The summed E-state index contributed by atoms with van der Waals surface area (Å²) in [5, 5.41) is 5.10. The molecule has 0 saturated carbocycles. The second-order valence-electron chi connectivity index (χ2n) is 3.93. The van der Waals surface area contributed by atoms with Gasteiger partial charge in [0.05, 0.1) is 4.47 Å². The zero-order valence-corrected chi connectivity index (χ0v) is 12.4. The summed E-state index contributed by atoms with van der Waals surface area (Å²) in [5.41, 5.74) is 5.77. The van der Waals surface area contributed by atoms with Gasteiger partial charge in [-0.25, -0.2) is 17.9 Å². The minimum atomic E-state index is -3.99. The zero-order chi connectivity index (χ0) is 14.9. The summed E-state index contributed by atoms with van der Waals surface area (Å²) < 4.78 is 41.7. The van der Waals surface area contributed by atoms with E-state index in [0.29, 0.717) is 0 Å². The molecule has 106 valence electrons. The Morgan fingerprint density at radius 1 is 1.15 bits per heavy atom. The summed E-state index contributed by atoms with van der Waals surface area (Å²) in [4.78, 5) is -0.238.